The van der Waals surface area contributed by atoms with Crippen LogP contribution in [0.2, 0.25) is 5.02 Å². The Labute approximate surface area is 114 Å². The third-order valence-electron chi connectivity index (χ3n) is 2.45. The van der Waals surface area contributed by atoms with Crippen LogP contribution in [-0.4, -0.2) is 33.3 Å². The zero-order valence-corrected chi connectivity index (χ0v) is 11.8. The maximum absolute atomic E-state index is 11.0. The van der Waals surface area contributed by atoms with Gasteiger partial charge in [-0.05, 0) is 31.5 Å². The van der Waals surface area contributed by atoms with Gasteiger partial charge in [0.05, 0.1) is 10.6 Å². The second-order valence-electron chi connectivity index (χ2n) is 4.11. The molecule has 2 N–H and O–H groups in total. The molecule has 2 atom stereocenters. The Bertz CT molecular complexity index is 465. The fraction of sp³-hybridized carbons (Fsp3) is 0.417. The number of carboxylic acid groups (broad SMARTS) is 1. The predicted octanol–water partition coefficient (Wildman–Crippen LogP) is 2.61. The Morgan fingerprint density at radius 2 is 2.22 bits per heavy atom. The predicted molar refractivity (Wildman–Crippen MR) is 75.0 cm³/mol. The Kier molecular flexibility index (Phi) is 5.62. The van der Waals surface area contributed by atoms with Gasteiger partial charge in [0.1, 0.15) is 0 Å². The van der Waals surface area contributed by atoms with Crippen molar-refractivity contribution in [1.29, 1.82) is 0 Å². The molecule has 0 radical (unpaired) electrons. The van der Waals surface area contributed by atoms with Crippen LogP contribution in [0.3, 0.4) is 0 Å². The third-order valence-corrected chi connectivity index (χ3v) is 3.57. The van der Waals surface area contributed by atoms with Crippen molar-refractivity contribution in [3.63, 3.8) is 0 Å². The summed E-state index contributed by atoms with van der Waals surface area (Å²) in [5, 5.41) is 12.2. The number of hydrogen-bond acceptors (Lipinski definition) is 3. The van der Waals surface area contributed by atoms with Crippen LogP contribution in [0.15, 0.2) is 18.2 Å². The number of hydrogen-bond donors (Lipinski definition) is 2. The lowest BCUT2D eigenvalue weighted by molar-refractivity contribution is 0.0697. The maximum atomic E-state index is 11.0. The van der Waals surface area contributed by atoms with Crippen LogP contribution in [-0.2, 0) is 10.8 Å². The SMILES string of the molecule is CC(CCS(C)=O)Nc1ccc(C(=O)O)c(Cl)c1. The molecule has 0 saturated heterocycles. The topological polar surface area (TPSA) is 66.4 Å². The second-order valence-corrected chi connectivity index (χ2v) is 6.07. The van der Waals surface area contributed by atoms with E-state index in [0.29, 0.717) is 5.75 Å². The van der Waals surface area contributed by atoms with Crippen LogP contribution in [0.1, 0.15) is 23.7 Å². The van der Waals surface area contributed by atoms with E-state index < -0.39 is 16.8 Å². The van der Waals surface area contributed by atoms with Gasteiger partial charge in [-0.25, -0.2) is 4.79 Å². The molecule has 18 heavy (non-hydrogen) atoms. The highest BCUT2D eigenvalue weighted by atomic mass is 35.5. The van der Waals surface area contributed by atoms with Gasteiger partial charge in [0.2, 0.25) is 0 Å². The summed E-state index contributed by atoms with van der Waals surface area (Å²) in [5.74, 6) is -0.407. The van der Waals surface area contributed by atoms with Crippen molar-refractivity contribution >= 4 is 34.1 Å². The fourth-order valence-electron chi connectivity index (χ4n) is 1.48. The smallest absolute Gasteiger partial charge is 0.337 e. The highest BCUT2D eigenvalue weighted by Gasteiger charge is 2.10. The lowest BCUT2D eigenvalue weighted by atomic mass is 10.2. The highest BCUT2D eigenvalue weighted by Crippen LogP contribution is 2.21. The first kappa shape index (κ1) is 15.0. The van der Waals surface area contributed by atoms with Crippen molar-refractivity contribution < 1.29 is 14.1 Å². The van der Waals surface area contributed by atoms with Crippen molar-refractivity contribution in [1.82, 2.24) is 0 Å². The number of aromatic carboxylic acids is 1. The molecule has 0 saturated carbocycles. The molecule has 100 valence electrons. The van der Waals surface area contributed by atoms with Gasteiger partial charge in [-0.1, -0.05) is 11.6 Å². The molecule has 0 aliphatic rings. The Balaban J connectivity index is 2.65. The van der Waals surface area contributed by atoms with Crippen molar-refractivity contribution in [2.24, 2.45) is 0 Å². The van der Waals surface area contributed by atoms with E-state index >= 15 is 0 Å². The summed E-state index contributed by atoms with van der Waals surface area (Å²) in [5.41, 5.74) is 0.851. The minimum absolute atomic E-state index is 0.0875. The van der Waals surface area contributed by atoms with E-state index in [4.69, 9.17) is 16.7 Å². The molecule has 2 unspecified atom stereocenters. The molecule has 4 nitrogen and oxygen atoms in total. The molecule has 1 rings (SSSR count). The Morgan fingerprint density at radius 3 is 2.72 bits per heavy atom. The average molecular weight is 290 g/mol. The molecule has 0 aliphatic carbocycles. The molecule has 1 aromatic carbocycles. The van der Waals surface area contributed by atoms with Crippen LogP contribution in [0.25, 0.3) is 0 Å². The monoisotopic (exact) mass is 289 g/mol. The van der Waals surface area contributed by atoms with Crippen molar-refractivity contribution in [3.8, 4) is 0 Å². The average Bonchev–Trinajstić information content (AvgIpc) is 2.26. The van der Waals surface area contributed by atoms with E-state index in [2.05, 4.69) is 5.32 Å². The molecular weight excluding hydrogens is 274 g/mol. The van der Waals surface area contributed by atoms with E-state index in [1.807, 2.05) is 6.92 Å². The molecule has 0 heterocycles. The van der Waals surface area contributed by atoms with Gasteiger partial charge < -0.3 is 10.4 Å². The van der Waals surface area contributed by atoms with Gasteiger partial charge >= 0.3 is 5.97 Å². The molecule has 0 aromatic heterocycles. The van der Waals surface area contributed by atoms with Crippen LogP contribution < -0.4 is 5.32 Å². The van der Waals surface area contributed by atoms with Crippen LogP contribution in [0.4, 0.5) is 5.69 Å². The molecule has 0 bridgehead atoms. The number of halogens is 1. The van der Waals surface area contributed by atoms with Gasteiger partial charge in [-0.2, -0.15) is 0 Å². The fourth-order valence-corrected chi connectivity index (χ4v) is 2.42. The molecule has 0 amide bonds. The molecule has 0 aliphatic heterocycles. The van der Waals surface area contributed by atoms with Gasteiger partial charge in [-0.3, -0.25) is 4.21 Å². The van der Waals surface area contributed by atoms with Crippen LogP contribution in [0, 0.1) is 0 Å². The summed E-state index contributed by atoms with van der Waals surface area (Å²) in [7, 11) is -0.802. The largest absolute Gasteiger partial charge is 0.478 e. The zero-order chi connectivity index (χ0) is 13.7. The first-order valence-corrected chi connectivity index (χ1v) is 7.60. The van der Waals surface area contributed by atoms with Crippen molar-refractivity contribution in [2.75, 3.05) is 17.3 Å². The first-order chi connectivity index (χ1) is 8.40. The number of anilines is 1. The minimum atomic E-state index is -1.04. The summed E-state index contributed by atoms with van der Waals surface area (Å²) < 4.78 is 11.0. The maximum Gasteiger partial charge on any atom is 0.337 e. The first-order valence-electron chi connectivity index (χ1n) is 5.49. The van der Waals surface area contributed by atoms with Gasteiger partial charge in [-0.15, -0.1) is 0 Å². The summed E-state index contributed by atoms with van der Waals surface area (Å²) >= 11 is 5.87. The quantitative estimate of drug-likeness (QED) is 0.845. The van der Waals surface area contributed by atoms with Crippen LogP contribution in [0.5, 0.6) is 0 Å². The lowest BCUT2D eigenvalue weighted by Gasteiger charge is -2.15. The third kappa shape index (κ3) is 4.66. The summed E-state index contributed by atoms with van der Waals surface area (Å²) in [4.78, 5) is 10.8. The number of rotatable bonds is 6. The van der Waals surface area contributed by atoms with Crippen molar-refractivity contribution in [2.45, 2.75) is 19.4 Å². The molecule has 0 spiro atoms. The second kappa shape index (κ2) is 6.75. The van der Waals surface area contributed by atoms with Gasteiger partial charge in [0.25, 0.3) is 0 Å². The number of nitrogens with one attached hydrogen (secondary N) is 1. The highest BCUT2D eigenvalue weighted by molar-refractivity contribution is 7.84. The normalized spacial score (nSPS) is 13.9. The van der Waals surface area contributed by atoms with E-state index in [1.54, 1.807) is 18.4 Å². The number of carboxylic acids is 1. The molecule has 0 fully saturated rings. The number of carbonyl (C=O) groups is 1. The summed E-state index contributed by atoms with van der Waals surface area (Å²) in [6.07, 6.45) is 2.45. The zero-order valence-electron chi connectivity index (χ0n) is 10.3. The lowest BCUT2D eigenvalue weighted by Crippen LogP contribution is -2.18. The van der Waals surface area contributed by atoms with E-state index in [0.717, 1.165) is 12.1 Å². The molecular formula is C12H16ClNO3S. The van der Waals surface area contributed by atoms with E-state index in [1.165, 1.54) is 6.07 Å². The van der Waals surface area contributed by atoms with Crippen molar-refractivity contribution in [3.05, 3.63) is 28.8 Å². The minimum Gasteiger partial charge on any atom is -0.478 e. The van der Waals surface area contributed by atoms with Gasteiger partial charge in [0, 0.05) is 34.5 Å². The van der Waals surface area contributed by atoms with E-state index in [-0.39, 0.29) is 16.6 Å². The van der Waals surface area contributed by atoms with E-state index in [9.17, 15) is 9.00 Å². The summed E-state index contributed by atoms with van der Waals surface area (Å²) in [6.45, 7) is 1.98. The Hall–Kier alpha value is -1.07. The van der Waals surface area contributed by atoms with Crippen LogP contribution >= 0.6 is 11.6 Å². The Morgan fingerprint density at radius 1 is 1.56 bits per heavy atom. The van der Waals surface area contributed by atoms with Gasteiger partial charge in [0.15, 0.2) is 0 Å². The number of benzene rings is 1. The molecule has 1 aromatic rings. The molecule has 6 heteroatoms. The standard InChI is InChI=1S/C12H16ClNO3S/c1-8(5-6-18(2)17)14-9-3-4-10(12(15)16)11(13)7-9/h3-4,7-8,14H,5-6H2,1-2H3,(H,15,16). The summed E-state index contributed by atoms with van der Waals surface area (Å²) in [6, 6.07) is 4.89.